The van der Waals surface area contributed by atoms with E-state index in [0.717, 1.165) is 27.7 Å². The summed E-state index contributed by atoms with van der Waals surface area (Å²) < 4.78 is 5.76. The van der Waals surface area contributed by atoms with E-state index in [1.807, 2.05) is 24.3 Å². The number of aryl methyl sites for hydroxylation is 1. The van der Waals surface area contributed by atoms with Crippen LogP contribution in [0.5, 0.6) is 11.8 Å². The van der Waals surface area contributed by atoms with Crippen molar-refractivity contribution in [3.8, 4) is 22.9 Å². The van der Waals surface area contributed by atoms with Gasteiger partial charge in [-0.25, -0.2) is 14.8 Å². The molecule has 148 valence electrons. The number of carboxylic acid groups (broad SMARTS) is 1. The molecule has 2 aromatic heterocycles. The van der Waals surface area contributed by atoms with Crippen molar-refractivity contribution in [2.24, 2.45) is 0 Å². The van der Waals surface area contributed by atoms with Gasteiger partial charge in [0, 0.05) is 5.56 Å². The second-order valence-electron chi connectivity index (χ2n) is 6.97. The average molecular weight is 420 g/mol. The monoisotopic (exact) mass is 419 g/mol. The summed E-state index contributed by atoms with van der Waals surface area (Å²) in [5, 5.41) is 9.87. The molecule has 0 atom stereocenters. The van der Waals surface area contributed by atoms with Crippen molar-refractivity contribution in [1.82, 2.24) is 15.0 Å². The number of carboxylic acids is 1. The highest BCUT2D eigenvalue weighted by Crippen LogP contribution is 2.34. The summed E-state index contributed by atoms with van der Waals surface area (Å²) in [7, 11) is 0. The number of carbonyl (C=O) groups is 1. The normalized spacial score (nSPS) is 11.3. The number of rotatable bonds is 4. The molecule has 8 heteroatoms. The molecule has 0 amide bonds. The molecule has 3 aromatic carbocycles. The van der Waals surface area contributed by atoms with Gasteiger partial charge in [-0.3, -0.25) is 0 Å². The number of aromatic nitrogens is 4. The van der Waals surface area contributed by atoms with Gasteiger partial charge in [-0.1, -0.05) is 17.7 Å². The number of halogens is 1. The van der Waals surface area contributed by atoms with Crippen LogP contribution in [0.4, 0.5) is 0 Å². The van der Waals surface area contributed by atoms with Crippen LogP contribution in [-0.2, 0) is 0 Å². The number of H-pyrrole nitrogens is 3. The van der Waals surface area contributed by atoms with E-state index in [2.05, 4.69) is 19.9 Å². The number of nitrogens with one attached hydrogen (secondary N) is 3. The zero-order valence-electron chi connectivity index (χ0n) is 15.8. The molecule has 2 heterocycles. The van der Waals surface area contributed by atoms with Crippen LogP contribution in [-0.4, -0.2) is 26.0 Å². The molecule has 0 aliphatic carbocycles. The molecule has 5 rings (SSSR count). The van der Waals surface area contributed by atoms with Crippen molar-refractivity contribution in [3.05, 3.63) is 71.0 Å². The van der Waals surface area contributed by atoms with Crippen LogP contribution in [0.15, 0.2) is 54.9 Å². The quantitative estimate of drug-likeness (QED) is 0.382. The molecular formula is C22H16ClN4O3+. The number of hydrogen-bond acceptors (Lipinski definition) is 3. The van der Waals surface area contributed by atoms with Gasteiger partial charge in [0.1, 0.15) is 5.75 Å². The van der Waals surface area contributed by atoms with Gasteiger partial charge in [-0.05, 0) is 60.5 Å². The molecule has 30 heavy (non-hydrogen) atoms. The van der Waals surface area contributed by atoms with Gasteiger partial charge in [0.15, 0.2) is 11.0 Å². The van der Waals surface area contributed by atoms with E-state index in [-0.39, 0.29) is 11.6 Å². The van der Waals surface area contributed by atoms with E-state index in [4.69, 9.17) is 16.3 Å². The molecule has 7 nitrogen and oxygen atoms in total. The summed E-state index contributed by atoms with van der Waals surface area (Å²) in [5.74, 6) is -0.618. The molecule has 0 aliphatic heterocycles. The van der Waals surface area contributed by atoms with Crippen molar-refractivity contribution in [1.29, 1.82) is 0 Å². The second-order valence-corrected chi connectivity index (χ2v) is 7.38. The maximum Gasteiger partial charge on any atom is 0.336 e. The van der Waals surface area contributed by atoms with Crippen LogP contribution in [0, 0.1) is 6.92 Å². The summed E-state index contributed by atoms with van der Waals surface area (Å²) in [6.45, 7) is 1.74. The van der Waals surface area contributed by atoms with Crippen molar-refractivity contribution in [2.75, 3.05) is 0 Å². The van der Waals surface area contributed by atoms with E-state index in [9.17, 15) is 9.90 Å². The lowest BCUT2D eigenvalue weighted by molar-refractivity contribution is -0.344. The Morgan fingerprint density at radius 2 is 2.00 bits per heavy atom. The van der Waals surface area contributed by atoms with E-state index in [1.165, 1.54) is 6.07 Å². The Labute approximate surface area is 175 Å². The molecule has 0 saturated carbocycles. The van der Waals surface area contributed by atoms with Crippen molar-refractivity contribution in [2.45, 2.75) is 6.92 Å². The molecule has 0 radical (unpaired) electrons. The summed E-state index contributed by atoms with van der Waals surface area (Å²) >= 11 is 6.53. The fraction of sp³-hybridized carbons (Fsp3) is 0.0455. The minimum Gasteiger partial charge on any atom is -0.478 e. The average Bonchev–Trinajstić information content (AvgIpc) is 3.33. The van der Waals surface area contributed by atoms with E-state index in [1.54, 1.807) is 31.5 Å². The number of ether oxygens (including phenoxy) is 1. The Kier molecular flexibility index (Phi) is 4.18. The highest BCUT2D eigenvalue weighted by Gasteiger charge is 2.14. The SMILES string of the molecule is Cc1ccc(Oc2nc3cc(-c4ccc5[nH+]c[nH]c5c4)c(Cl)cc3[nH]2)cc1C(=O)O. The molecule has 4 N–H and O–H groups in total. The fourth-order valence-electron chi connectivity index (χ4n) is 3.43. The number of hydrogen-bond donors (Lipinski definition) is 3. The predicted molar refractivity (Wildman–Crippen MR) is 113 cm³/mol. The number of aromatic carboxylic acids is 1. The highest BCUT2D eigenvalue weighted by molar-refractivity contribution is 6.34. The highest BCUT2D eigenvalue weighted by atomic mass is 35.5. The lowest BCUT2D eigenvalue weighted by atomic mass is 10.0. The third kappa shape index (κ3) is 3.15. The predicted octanol–water partition coefficient (Wildman–Crippen LogP) is 4.98. The lowest BCUT2D eigenvalue weighted by Crippen LogP contribution is -2.00. The van der Waals surface area contributed by atoms with Crippen LogP contribution >= 0.6 is 11.6 Å². The number of fused-ring (bicyclic) bond motifs is 2. The largest absolute Gasteiger partial charge is 0.478 e. The van der Waals surface area contributed by atoms with Gasteiger partial charge in [-0.2, -0.15) is 4.98 Å². The second kappa shape index (κ2) is 6.89. The maximum atomic E-state index is 11.3. The lowest BCUT2D eigenvalue weighted by Gasteiger charge is -2.05. The molecule has 0 bridgehead atoms. The van der Waals surface area contributed by atoms with Gasteiger partial charge >= 0.3 is 5.97 Å². The van der Waals surface area contributed by atoms with Crippen LogP contribution < -0.4 is 9.72 Å². The Morgan fingerprint density at radius 1 is 1.13 bits per heavy atom. The van der Waals surface area contributed by atoms with Gasteiger partial charge < -0.3 is 14.8 Å². The van der Waals surface area contributed by atoms with Gasteiger partial charge in [0.25, 0.3) is 6.01 Å². The van der Waals surface area contributed by atoms with Crippen molar-refractivity contribution >= 4 is 39.6 Å². The van der Waals surface area contributed by atoms with Crippen LogP contribution in [0.2, 0.25) is 5.02 Å². The van der Waals surface area contributed by atoms with Crippen LogP contribution in [0.1, 0.15) is 15.9 Å². The minimum absolute atomic E-state index is 0.186. The Morgan fingerprint density at radius 3 is 2.83 bits per heavy atom. The Bertz CT molecular complexity index is 1440. The smallest absolute Gasteiger partial charge is 0.336 e. The van der Waals surface area contributed by atoms with E-state index in [0.29, 0.717) is 21.9 Å². The summed E-state index contributed by atoms with van der Waals surface area (Å²) in [5.41, 5.74) is 6.04. The summed E-state index contributed by atoms with van der Waals surface area (Å²) in [6, 6.07) is 14.8. The molecule has 5 aromatic rings. The van der Waals surface area contributed by atoms with Crippen molar-refractivity contribution in [3.63, 3.8) is 0 Å². The van der Waals surface area contributed by atoms with Gasteiger partial charge in [0.2, 0.25) is 6.33 Å². The Balaban J connectivity index is 1.52. The van der Waals surface area contributed by atoms with Gasteiger partial charge in [0.05, 0.1) is 21.6 Å². The first-order valence-electron chi connectivity index (χ1n) is 9.18. The first-order valence-corrected chi connectivity index (χ1v) is 9.56. The minimum atomic E-state index is -1.00. The van der Waals surface area contributed by atoms with Crippen LogP contribution in [0.3, 0.4) is 0 Å². The molecular weight excluding hydrogens is 404 g/mol. The first-order chi connectivity index (χ1) is 14.5. The number of benzene rings is 3. The molecule has 0 aliphatic rings. The molecule has 0 saturated heterocycles. The molecule has 0 spiro atoms. The zero-order valence-corrected chi connectivity index (χ0v) is 16.5. The van der Waals surface area contributed by atoms with E-state index < -0.39 is 5.97 Å². The number of imidazole rings is 2. The third-order valence-corrected chi connectivity index (χ3v) is 5.30. The number of nitrogens with zero attached hydrogens (tertiary/aromatic N) is 1. The third-order valence-electron chi connectivity index (χ3n) is 4.99. The standard InChI is InChI=1S/C22H15ClN4O3/c1-11-2-4-13(7-14(11)21(28)29)30-22-26-19-8-15(16(23)9-20(19)27-22)12-3-5-17-18(6-12)25-10-24-17/h2-10H,1H3,(H,24,25)(H,26,27)(H,28,29)/p+1. The van der Waals surface area contributed by atoms with Gasteiger partial charge in [-0.15, -0.1) is 0 Å². The molecule has 0 unspecified atom stereocenters. The maximum absolute atomic E-state index is 11.3. The first kappa shape index (κ1) is 18.2. The fourth-order valence-corrected chi connectivity index (χ4v) is 3.70. The van der Waals surface area contributed by atoms with Crippen molar-refractivity contribution < 1.29 is 19.6 Å². The summed E-state index contributed by atoms with van der Waals surface area (Å²) in [6.07, 6.45) is 1.78. The topological polar surface area (TPSA) is 105 Å². The Hall–Kier alpha value is -3.84. The molecule has 0 fully saturated rings. The summed E-state index contributed by atoms with van der Waals surface area (Å²) in [4.78, 5) is 25.2. The number of aromatic amines is 3. The van der Waals surface area contributed by atoms with Crippen LogP contribution in [0.25, 0.3) is 33.2 Å². The van der Waals surface area contributed by atoms with E-state index >= 15 is 0 Å². The zero-order chi connectivity index (χ0) is 20.8.